The number of thiophene rings is 1. The maximum atomic E-state index is 12.3. The van der Waals surface area contributed by atoms with Crippen molar-refractivity contribution in [2.45, 2.75) is 30.1 Å². The van der Waals surface area contributed by atoms with Gasteiger partial charge >= 0.3 is 5.97 Å². The molecule has 1 aliphatic rings. The van der Waals surface area contributed by atoms with Gasteiger partial charge in [-0.3, -0.25) is 9.59 Å². The molecule has 150 valence electrons. The van der Waals surface area contributed by atoms with Crippen molar-refractivity contribution in [3.63, 3.8) is 0 Å². The summed E-state index contributed by atoms with van der Waals surface area (Å²) < 4.78 is 31.7. The number of carbonyl (C=O) groups is 2. The third kappa shape index (κ3) is 5.40. The molecule has 2 aromatic rings. The van der Waals surface area contributed by atoms with E-state index in [0.717, 1.165) is 42.8 Å². The molecule has 0 bridgehead atoms. The van der Waals surface area contributed by atoms with Crippen LogP contribution in [0.3, 0.4) is 0 Å². The van der Waals surface area contributed by atoms with Crippen LogP contribution in [0.2, 0.25) is 0 Å². The summed E-state index contributed by atoms with van der Waals surface area (Å²) in [5, 5.41) is 1.67. The topological polar surface area (TPSA) is 92.8 Å². The third-order valence-electron chi connectivity index (χ3n) is 4.38. The second-order valence-electron chi connectivity index (χ2n) is 6.44. The Balaban J connectivity index is 1.41. The molecule has 0 radical (unpaired) electrons. The average Bonchev–Trinajstić information content (AvgIpc) is 3.40. The van der Waals surface area contributed by atoms with E-state index in [2.05, 4.69) is 4.72 Å². The highest BCUT2D eigenvalue weighted by Crippen LogP contribution is 2.16. The summed E-state index contributed by atoms with van der Waals surface area (Å²) in [6, 6.07) is 10.1. The predicted octanol–water partition coefficient (Wildman–Crippen LogP) is 2.40. The number of carbonyl (C=O) groups excluding carboxylic acids is 2. The van der Waals surface area contributed by atoms with Crippen LogP contribution < -0.4 is 4.72 Å². The maximum Gasteiger partial charge on any atom is 0.307 e. The molecule has 1 aliphatic heterocycles. The molecule has 28 heavy (non-hydrogen) atoms. The molecule has 1 fully saturated rings. The highest BCUT2D eigenvalue weighted by atomic mass is 32.2. The number of nitrogens with zero attached hydrogens (tertiary/aromatic N) is 1. The van der Waals surface area contributed by atoms with Gasteiger partial charge in [-0.05, 0) is 42.0 Å². The molecule has 2 heterocycles. The van der Waals surface area contributed by atoms with Crippen LogP contribution in [0.5, 0.6) is 0 Å². The van der Waals surface area contributed by atoms with E-state index in [4.69, 9.17) is 4.74 Å². The minimum Gasteiger partial charge on any atom is -0.461 e. The second-order valence-corrected chi connectivity index (χ2v) is 9.38. The Kier molecular flexibility index (Phi) is 6.82. The smallest absolute Gasteiger partial charge is 0.307 e. The molecule has 0 aliphatic carbocycles. The van der Waals surface area contributed by atoms with Gasteiger partial charge in [-0.2, -0.15) is 0 Å². The first kappa shape index (κ1) is 20.5. The number of hydrogen-bond donors (Lipinski definition) is 1. The summed E-state index contributed by atoms with van der Waals surface area (Å²) in [5.41, 5.74) is 1.39. The number of esters is 1. The highest BCUT2D eigenvalue weighted by molar-refractivity contribution is 7.91. The number of ether oxygens (including phenoxy) is 1. The van der Waals surface area contributed by atoms with E-state index in [1.54, 1.807) is 35.7 Å². The molecule has 1 aromatic heterocycles. The Morgan fingerprint density at radius 2 is 1.82 bits per heavy atom. The lowest BCUT2D eigenvalue weighted by atomic mass is 10.1. The summed E-state index contributed by atoms with van der Waals surface area (Å²) in [7, 11) is -3.57. The first-order chi connectivity index (χ1) is 13.5. The fraction of sp³-hybridized carbons (Fsp3) is 0.368. The van der Waals surface area contributed by atoms with E-state index in [-0.39, 0.29) is 29.7 Å². The molecule has 0 spiro atoms. The zero-order chi connectivity index (χ0) is 20.0. The van der Waals surface area contributed by atoms with Crippen molar-refractivity contribution >= 4 is 33.2 Å². The molecule has 0 unspecified atom stereocenters. The van der Waals surface area contributed by atoms with Crippen LogP contribution in [0.1, 0.15) is 35.2 Å². The molecule has 1 N–H and O–H groups in total. The van der Waals surface area contributed by atoms with Gasteiger partial charge in [-0.25, -0.2) is 13.1 Å². The van der Waals surface area contributed by atoms with Gasteiger partial charge in [0.25, 0.3) is 5.91 Å². The largest absolute Gasteiger partial charge is 0.461 e. The van der Waals surface area contributed by atoms with E-state index in [1.165, 1.54) is 6.07 Å². The van der Waals surface area contributed by atoms with Crippen LogP contribution in [-0.4, -0.2) is 44.8 Å². The monoisotopic (exact) mass is 422 g/mol. The number of rotatable bonds is 8. The Bertz CT molecular complexity index is 902. The molecular weight excluding hydrogens is 400 g/mol. The second kappa shape index (κ2) is 9.31. The average molecular weight is 423 g/mol. The fourth-order valence-electron chi connectivity index (χ4n) is 2.86. The Morgan fingerprint density at radius 3 is 2.46 bits per heavy atom. The van der Waals surface area contributed by atoms with Crippen LogP contribution in [0, 0.1) is 0 Å². The molecule has 0 atom stereocenters. The molecule has 1 amide bonds. The van der Waals surface area contributed by atoms with Gasteiger partial charge in [0.2, 0.25) is 10.0 Å². The molecular formula is C19H22N2O5S2. The van der Waals surface area contributed by atoms with Gasteiger partial charge in [0.05, 0.1) is 6.42 Å². The van der Waals surface area contributed by atoms with Gasteiger partial charge in [0.15, 0.2) is 0 Å². The zero-order valence-corrected chi connectivity index (χ0v) is 16.9. The number of likely N-dealkylation sites (tertiary alicyclic amines) is 1. The lowest BCUT2D eigenvalue weighted by Crippen LogP contribution is -2.27. The van der Waals surface area contributed by atoms with E-state index < -0.39 is 16.0 Å². The number of hydrogen-bond acceptors (Lipinski definition) is 6. The van der Waals surface area contributed by atoms with Crippen molar-refractivity contribution in [3.05, 3.63) is 52.9 Å². The minimum atomic E-state index is -3.57. The Morgan fingerprint density at radius 1 is 1.11 bits per heavy atom. The molecule has 3 rings (SSSR count). The van der Waals surface area contributed by atoms with Crippen molar-refractivity contribution < 1.29 is 22.7 Å². The van der Waals surface area contributed by atoms with Gasteiger partial charge in [0.1, 0.15) is 10.8 Å². The van der Waals surface area contributed by atoms with Crippen LogP contribution in [0.15, 0.2) is 46.0 Å². The van der Waals surface area contributed by atoms with Crippen molar-refractivity contribution in [1.82, 2.24) is 9.62 Å². The number of nitrogens with one attached hydrogen (secondary N) is 1. The standard InChI is InChI=1S/C19H22N2O5S2/c22-17(9-10-20-28(24,25)18-4-3-13-27-18)26-14-15-5-7-16(8-6-15)19(23)21-11-1-2-12-21/h3-8,13,20H,1-2,9-12,14H2. The minimum absolute atomic E-state index is 0.0255. The predicted molar refractivity (Wildman–Crippen MR) is 106 cm³/mol. The normalized spacial score (nSPS) is 14.2. The summed E-state index contributed by atoms with van der Waals surface area (Å²) in [4.78, 5) is 26.0. The molecule has 0 saturated carbocycles. The molecule has 9 heteroatoms. The van der Waals surface area contributed by atoms with E-state index in [9.17, 15) is 18.0 Å². The third-order valence-corrected chi connectivity index (χ3v) is 7.23. The molecule has 1 aromatic carbocycles. The SMILES string of the molecule is O=C(CCNS(=O)(=O)c1cccs1)OCc1ccc(C(=O)N2CCCC2)cc1. The number of benzene rings is 1. The van der Waals surface area contributed by atoms with Gasteiger partial charge in [0, 0.05) is 25.2 Å². The summed E-state index contributed by atoms with van der Waals surface area (Å²) in [6.07, 6.45) is 2.03. The van der Waals surface area contributed by atoms with Crippen molar-refractivity contribution in [3.8, 4) is 0 Å². The zero-order valence-electron chi connectivity index (χ0n) is 15.3. The summed E-state index contributed by atoms with van der Waals surface area (Å²) in [6.45, 7) is 1.65. The van der Waals surface area contributed by atoms with Crippen LogP contribution in [0.4, 0.5) is 0 Å². The van der Waals surface area contributed by atoms with Crippen LogP contribution in [0.25, 0.3) is 0 Å². The number of amides is 1. The van der Waals surface area contributed by atoms with Crippen molar-refractivity contribution in [2.75, 3.05) is 19.6 Å². The Labute approximate surface area is 168 Å². The molecule has 1 saturated heterocycles. The van der Waals surface area contributed by atoms with Gasteiger partial charge in [-0.1, -0.05) is 18.2 Å². The van der Waals surface area contributed by atoms with Gasteiger partial charge < -0.3 is 9.64 Å². The van der Waals surface area contributed by atoms with E-state index >= 15 is 0 Å². The summed E-state index contributed by atoms with van der Waals surface area (Å²) >= 11 is 1.11. The van der Waals surface area contributed by atoms with Crippen LogP contribution >= 0.6 is 11.3 Å². The van der Waals surface area contributed by atoms with E-state index in [0.29, 0.717) is 5.56 Å². The maximum absolute atomic E-state index is 12.3. The van der Waals surface area contributed by atoms with Crippen LogP contribution in [-0.2, 0) is 26.2 Å². The lowest BCUT2D eigenvalue weighted by Gasteiger charge is -2.15. The van der Waals surface area contributed by atoms with Gasteiger partial charge in [-0.15, -0.1) is 11.3 Å². The van der Waals surface area contributed by atoms with Crippen molar-refractivity contribution in [2.24, 2.45) is 0 Å². The quantitative estimate of drug-likeness (QED) is 0.660. The number of sulfonamides is 1. The summed E-state index contributed by atoms with van der Waals surface area (Å²) in [5.74, 6) is -0.467. The van der Waals surface area contributed by atoms with E-state index in [1.807, 2.05) is 4.90 Å². The van der Waals surface area contributed by atoms with Crippen molar-refractivity contribution in [1.29, 1.82) is 0 Å². The molecule has 7 nitrogen and oxygen atoms in total. The Hall–Kier alpha value is -2.23. The fourth-order valence-corrected chi connectivity index (χ4v) is 4.93. The highest BCUT2D eigenvalue weighted by Gasteiger charge is 2.19. The first-order valence-corrected chi connectivity index (χ1v) is 11.4. The first-order valence-electron chi connectivity index (χ1n) is 9.03. The lowest BCUT2D eigenvalue weighted by molar-refractivity contribution is -0.144.